The van der Waals surface area contributed by atoms with E-state index in [9.17, 15) is 11.0 Å². The second kappa shape index (κ2) is 9.79. The van der Waals surface area contributed by atoms with Crippen molar-refractivity contribution in [1.82, 2.24) is 21.0 Å². The van der Waals surface area contributed by atoms with Gasteiger partial charge in [-0.2, -0.15) is 5.26 Å². The van der Waals surface area contributed by atoms with Crippen LogP contribution >= 0.6 is 0 Å². The molecule has 1 atom stereocenters. The van der Waals surface area contributed by atoms with Gasteiger partial charge in [-0.1, -0.05) is 32.9 Å². The molecule has 0 unspecified atom stereocenters. The van der Waals surface area contributed by atoms with Crippen LogP contribution < -0.4 is 26.3 Å². The zero-order chi connectivity index (χ0) is 27.1. The average Bonchev–Trinajstić information content (AvgIpc) is 3.62. The fourth-order valence-electron chi connectivity index (χ4n) is 4.19. The second-order valence-electron chi connectivity index (χ2n) is 10.6. The third-order valence-corrected chi connectivity index (χ3v) is 6.27. The van der Waals surface area contributed by atoms with Crippen molar-refractivity contribution in [3.8, 4) is 11.8 Å². The molecule has 0 bridgehead atoms. The molecule has 1 fully saturated rings. The highest BCUT2D eigenvalue weighted by atomic mass is 19.1. The Bertz CT molecular complexity index is 1430. The normalized spacial score (nSPS) is 17.4. The van der Waals surface area contributed by atoms with Crippen molar-refractivity contribution in [2.24, 2.45) is 5.41 Å². The largest absolute Gasteiger partial charge is 0.494 e. The van der Waals surface area contributed by atoms with Crippen molar-refractivity contribution < 1.29 is 10.5 Å². The number of halogens is 1. The van der Waals surface area contributed by atoms with E-state index in [1.165, 1.54) is 12.1 Å². The maximum Gasteiger partial charge on any atom is 0.147 e. The first kappa shape index (κ1) is 23.4. The van der Waals surface area contributed by atoms with Crippen LogP contribution in [0.15, 0.2) is 54.5 Å². The smallest absolute Gasteiger partial charge is 0.147 e. The monoisotopic (exact) mass is 502 g/mol. The minimum atomic E-state index is -1.50. The minimum absolute atomic E-state index is 0.0256. The number of nitrogens with one attached hydrogen (secondary N) is 4. The van der Waals surface area contributed by atoms with Gasteiger partial charge in [-0.3, -0.25) is 9.99 Å². The summed E-state index contributed by atoms with van der Waals surface area (Å²) in [6, 6.07) is 10.7. The van der Waals surface area contributed by atoms with Gasteiger partial charge in [0.1, 0.15) is 23.2 Å². The summed E-state index contributed by atoms with van der Waals surface area (Å²) in [5.41, 5.74) is 9.59. The van der Waals surface area contributed by atoms with E-state index in [-0.39, 0.29) is 11.2 Å². The first-order valence-corrected chi connectivity index (χ1v) is 12.3. The zero-order valence-electron chi connectivity index (χ0n) is 22.4. The molecule has 2 aliphatic rings. The van der Waals surface area contributed by atoms with Gasteiger partial charge in [0.15, 0.2) is 0 Å². The van der Waals surface area contributed by atoms with E-state index in [1.54, 1.807) is 31.5 Å². The van der Waals surface area contributed by atoms with Crippen LogP contribution in [0, 0.1) is 22.6 Å². The van der Waals surface area contributed by atoms with Crippen LogP contribution in [0.25, 0.3) is 10.9 Å². The van der Waals surface area contributed by atoms with Crippen molar-refractivity contribution >= 4 is 22.3 Å². The number of ether oxygens (including phenoxy) is 1. The molecule has 2 heterocycles. The van der Waals surface area contributed by atoms with E-state index in [0.717, 1.165) is 12.8 Å². The van der Waals surface area contributed by atoms with Crippen molar-refractivity contribution in [1.29, 1.82) is 5.26 Å². The Morgan fingerprint density at radius 3 is 2.70 bits per heavy atom. The SMILES string of the molecule is [2H][C@](Nc1cc(OC)c2ncc(C#N)c(NCC(C)(C)C)c2c1)(C1=CN(C2CC2)NN1)c1ccc(F)cc1. The quantitative estimate of drug-likeness (QED) is 0.334. The van der Waals surface area contributed by atoms with Crippen LogP contribution in [0.4, 0.5) is 15.8 Å². The fraction of sp³-hybridized carbons (Fsp3) is 0.357. The van der Waals surface area contributed by atoms with E-state index < -0.39 is 6.02 Å². The molecule has 37 heavy (non-hydrogen) atoms. The van der Waals surface area contributed by atoms with Crippen LogP contribution in [-0.4, -0.2) is 29.7 Å². The lowest BCUT2D eigenvalue weighted by Crippen LogP contribution is -2.38. The first-order chi connectivity index (χ1) is 18.1. The Hall–Kier alpha value is -4.03. The van der Waals surface area contributed by atoms with Gasteiger partial charge in [0.2, 0.25) is 0 Å². The lowest BCUT2D eigenvalue weighted by Gasteiger charge is -2.24. The third kappa shape index (κ3) is 5.39. The Morgan fingerprint density at radius 1 is 1.30 bits per heavy atom. The summed E-state index contributed by atoms with van der Waals surface area (Å²) >= 11 is 0. The molecule has 8 nitrogen and oxygen atoms in total. The van der Waals surface area contributed by atoms with E-state index >= 15 is 0 Å². The summed E-state index contributed by atoms with van der Waals surface area (Å²) in [5.74, 6) is 0.125. The number of aromatic nitrogens is 1. The summed E-state index contributed by atoms with van der Waals surface area (Å²) in [6.07, 6.45) is 5.58. The number of fused-ring (bicyclic) bond motifs is 1. The summed E-state index contributed by atoms with van der Waals surface area (Å²) < 4.78 is 29.1. The van der Waals surface area contributed by atoms with Crippen molar-refractivity contribution in [2.75, 3.05) is 24.3 Å². The fourth-order valence-corrected chi connectivity index (χ4v) is 4.19. The number of nitrogens with zero attached hydrogens (tertiary/aromatic N) is 3. The molecule has 1 aliphatic carbocycles. The van der Waals surface area contributed by atoms with E-state index in [1.807, 2.05) is 17.3 Å². The lowest BCUT2D eigenvalue weighted by atomic mass is 9.96. The maximum absolute atomic E-state index is 13.8. The first-order valence-electron chi connectivity index (χ1n) is 12.8. The summed E-state index contributed by atoms with van der Waals surface area (Å²) in [7, 11) is 1.56. The number of rotatable bonds is 8. The maximum atomic E-state index is 13.8. The van der Waals surface area contributed by atoms with Crippen LogP contribution in [0.5, 0.6) is 5.75 Å². The van der Waals surface area contributed by atoms with E-state index in [0.29, 0.717) is 57.4 Å². The molecule has 2 aromatic carbocycles. The zero-order valence-corrected chi connectivity index (χ0v) is 21.4. The number of methoxy groups -OCH3 is 1. The third-order valence-electron chi connectivity index (χ3n) is 6.27. The molecule has 5 rings (SSSR count). The molecule has 192 valence electrons. The van der Waals surface area contributed by atoms with Gasteiger partial charge in [-0.05, 0) is 42.0 Å². The van der Waals surface area contributed by atoms with Gasteiger partial charge in [0.05, 0.1) is 31.4 Å². The number of hydrogen-bond acceptors (Lipinski definition) is 8. The molecule has 1 aromatic heterocycles. The predicted octanol–water partition coefficient (Wildman–Crippen LogP) is 5.19. The van der Waals surface area contributed by atoms with Gasteiger partial charge in [-0.25, -0.2) is 4.39 Å². The lowest BCUT2D eigenvalue weighted by molar-refractivity contribution is 0.260. The van der Waals surface area contributed by atoms with Gasteiger partial charge in [0, 0.05) is 42.1 Å². The molecule has 4 N–H and O–H groups in total. The topological polar surface area (TPSA) is 97.3 Å². The van der Waals surface area contributed by atoms with Crippen LogP contribution in [0.1, 0.15) is 52.1 Å². The Balaban J connectivity index is 1.62. The van der Waals surface area contributed by atoms with Gasteiger partial charge in [0.25, 0.3) is 0 Å². The molecule has 1 saturated carbocycles. The molecule has 9 heteroatoms. The molecule has 0 saturated heterocycles. The number of pyridine rings is 1. The summed E-state index contributed by atoms with van der Waals surface area (Å²) in [4.78, 5) is 4.50. The molecule has 0 spiro atoms. The summed E-state index contributed by atoms with van der Waals surface area (Å²) in [5, 5.41) is 19.2. The minimum Gasteiger partial charge on any atom is -0.494 e. The molecular weight excluding hydrogens is 469 g/mol. The van der Waals surface area contributed by atoms with Gasteiger partial charge < -0.3 is 20.8 Å². The molecule has 3 aromatic rings. The van der Waals surface area contributed by atoms with Crippen LogP contribution in [0.3, 0.4) is 0 Å². The Labute approximate surface area is 217 Å². The van der Waals surface area contributed by atoms with Gasteiger partial charge >= 0.3 is 0 Å². The predicted molar refractivity (Wildman–Crippen MR) is 143 cm³/mol. The number of nitriles is 1. The highest BCUT2D eigenvalue weighted by Gasteiger charge is 2.32. The van der Waals surface area contributed by atoms with Gasteiger partial charge in [-0.15, -0.1) is 5.53 Å². The molecule has 0 amide bonds. The number of anilines is 2. The second-order valence-corrected chi connectivity index (χ2v) is 10.6. The molecule has 0 radical (unpaired) electrons. The average molecular weight is 503 g/mol. The highest BCUT2D eigenvalue weighted by molar-refractivity contribution is 5.99. The number of hydrazine groups is 2. The van der Waals surface area contributed by atoms with Crippen molar-refractivity contribution in [3.63, 3.8) is 0 Å². The Morgan fingerprint density at radius 2 is 2.05 bits per heavy atom. The van der Waals surface area contributed by atoms with E-state index in [4.69, 9.17) is 4.74 Å². The van der Waals surface area contributed by atoms with Crippen molar-refractivity contribution in [3.05, 3.63) is 71.4 Å². The van der Waals surface area contributed by atoms with E-state index in [2.05, 4.69) is 53.4 Å². The standard InChI is InChI=1S/C28H32FN7O/c1-28(2,3)16-32-25-18(13-30)14-31-27-22(25)11-20(12-24(27)37-4)33-26(17-5-7-19(29)8-6-17)23-15-36(35-34-23)21-9-10-21/h5-8,11-12,14-15,21,26,33-35H,9-10,16H2,1-4H3,(H,31,32)/t26-/m1/s1/i26D. The number of hydrogen-bond donors (Lipinski definition) is 4. The summed E-state index contributed by atoms with van der Waals surface area (Å²) in [6.45, 7) is 6.97. The van der Waals surface area contributed by atoms with Crippen molar-refractivity contribution in [2.45, 2.75) is 45.7 Å². The van der Waals surface area contributed by atoms with Crippen LogP contribution in [-0.2, 0) is 0 Å². The highest BCUT2D eigenvalue weighted by Crippen LogP contribution is 2.38. The van der Waals surface area contributed by atoms with Crippen LogP contribution in [0.2, 0.25) is 0 Å². The molecule has 1 aliphatic heterocycles. The molecular formula is C28H32FN7O. The Kier molecular flexibility index (Phi) is 6.18. The number of benzene rings is 2.